The summed E-state index contributed by atoms with van der Waals surface area (Å²) in [6, 6.07) is 2.30. The minimum Gasteiger partial charge on any atom is -0.541 e. The first-order chi connectivity index (χ1) is 17.3. The molecule has 37 heavy (non-hydrogen) atoms. The summed E-state index contributed by atoms with van der Waals surface area (Å²) in [6.45, 7) is 18.6. The van der Waals surface area contributed by atoms with Crippen molar-refractivity contribution in [2.45, 2.75) is 94.0 Å². The van der Waals surface area contributed by atoms with Gasteiger partial charge in [0, 0.05) is 27.9 Å². The number of rotatable bonds is 5. The second-order valence-corrected chi connectivity index (χ2v) is 19.7. The van der Waals surface area contributed by atoms with Crippen LogP contribution in [0.2, 0.25) is 18.1 Å². The molecule has 1 aromatic carbocycles. The number of halogens is 1. The Hall–Kier alpha value is -0.653. The summed E-state index contributed by atoms with van der Waals surface area (Å²) in [4.78, 5) is 0. The molecule has 0 aromatic heterocycles. The van der Waals surface area contributed by atoms with Gasteiger partial charge in [0.25, 0.3) is 8.32 Å². The number of piperidine rings is 1. The molecule has 3 heterocycles. The van der Waals surface area contributed by atoms with E-state index in [-0.39, 0.29) is 29.4 Å². The molecular weight excluding hydrogens is 597 g/mol. The van der Waals surface area contributed by atoms with Gasteiger partial charge in [0.2, 0.25) is 0 Å². The van der Waals surface area contributed by atoms with Gasteiger partial charge in [-0.2, -0.15) is 0 Å². The number of nitrogens with zero attached hydrogens (tertiary/aromatic N) is 1. The lowest BCUT2D eigenvalue weighted by Crippen LogP contribution is -2.81. The van der Waals surface area contributed by atoms with Crippen LogP contribution in [0.25, 0.3) is 0 Å². The van der Waals surface area contributed by atoms with Crippen molar-refractivity contribution in [2.75, 3.05) is 33.4 Å². The Morgan fingerprint density at radius 3 is 2.62 bits per heavy atom. The predicted molar refractivity (Wildman–Crippen MR) is 155 cm³/mol. The number of benzene rings is 1. The van der Waals surface area contributed by atoms with Crippen molar-refractivity contribution in [1.29, 1.82) is 0 Å². The second-order valence-electron chi connectivity index (χ2n) is 13.8. The molecule has 8 heteroatoms. The molecule has 6 atom stereocenters. The Balaban J connectivity index is 1.56. The van der Waals surface area contributed by atoms with Crippen LogP contribution in [0.1, 0.15) is 51.2 Å². The summed E-state index contributed by atoms with van der Waals surface area (Å²) >= 11 is 2.50. The van der Waals surface area contributed by atoms with Crippen LogP contribution >= 0.6 is 22.6 Å². The molecule has 2 aliphatic carbocycles. The Morgan fingerprint density at radius 1 is 1.27 bits per heavy atom. The molecule has 3 unspecified atom stereocenters. The van der Waals surface area contributed by atoms with Crippen LogP contribution in [0.5, 0.6) is 11.5 Å². The molecule has 3 fully saturated rings. The van der Waals surface area contributed by atoms with Gasteiger partial charge >= 0.3 is 0 Å². The molecule has 3 aliphatic heterocycles. The first kappa shape index (κ1) is 26.6. The number of aliphatic hydroxyl groups is 1. The van der Waals surface area contributed by atoms with Crippen molar-refractivity contribution in [2.24, 2.45) is 5.92 Å². The maximum Gasteiger partial charge on any atom is 0.250 e. The van der Waals surface area contributed by atoms with Gasteiger partial charge in [-0.1, -0.05) is 27.4 Å². The molecule has 204 valence electrons. The highest BCUT2D eigenvalue weighted by molar-refractivity contribution is 14.1. The fraction of sp³-hybridized carbons (Fsp3) is 0.724. The SMILES string of the molecule is C=CC[N+]1(C)CC[C@]23c4c5c(I)cc(O[Si](C)(C)C(C)(C)C)c4O[C@H]2C(C2OCCO2)CCC3(O)[C@H]1C5. The standard InChI is InChI=1S/C29H43INO5Si/c1-8-12-31(5)13-11-28-23-19-16-22(31)29(28,32)10-9-18(26-33-14-15-34-26)25(28)35-24(23)21(17-20(19)30)36-37(6,7)27(2,3)4/h8,17-18,22,25-26,32H,1,9-16H2,2-7H3/q+1/t18?,22-,25+,28+,29?,31?/m1/s1. The lowest BCUT2D eigenvalue weighted by atomic mass is 9.47. The topological polar surface area (TPSA) is 57.2 Å². The van der Waals surface area contributed by atoms with E-state index in [4.69, 9.17) is 18.6 Å². The molecule has 2 saturated heterocycles. The normalized spacial score (nSPS) is 38.8. The molecule has 6 rings (SSSR count). The summed E-state index contributed by atoms with van der Waals surface area (Å²) in [6.07, 6.45) is 4.84. The van der Waals surface area contributed by atoms with Crippen LogP contribution in [0.15, 0.2) is 18.7 Å². The van der Waals surface area contributed by atoms with Crippen LogP contribution < -0.4 is 9.16 Å². The van der Waals surface area contributed by atoms with Gasteiger partial charge < -0.3 is 28.2 Å². The largest absolute Gasteiger partial charge is 0.541 e. The summed E-state index contributed by atoms with van der Waals surface area (Å²) in [5, 5.41) is 13.0. The summed E-state index contributed by atoms with van der Waals surface area (Å²) < 4.78 is 28.3. The van der Waals surface area contributed by atoms with E-state index >= 15 is 0 Å². The molecule has 1 N–H and O–H groups in total. The van der Waals surface area contributed by atoms with E-state index in [1.807, 2.05) is 6.08 Å². The Kier molecular flexibility index (Phi) is 6.05. The van der Waals surface area contributed by atoms with Crippen LogP contribution in [-0.2, 0) is 21.3 Å². The molecular formula is C29H43INO5Si+. The highest BCUT2D eigenvalue weighted by Crippen LogP contribution is 2.68. The third-order valence-corrected chi connectivity index (χ3v) is 16.2. The average Bonchev–Trinajstić information content (AvgIpc) is 3.44. The molecule has 1 spiro atoms. The van der Waals surface area contributed by atoms with Crippen molar-refractivity contribution >= 4 is 30.9 Å². The molecule has 0 radical (unpaired) electrons. The van der Waals surface area contributed by atoms with Crippen molar-refractivity contribution < 1.29 is 28.2 Å². The molecule has 5 aliphatic rings. The van der Waals surface area contributed by atoms with Crippen molar-refractivity contribution in [3.05, 3.63) is 33.4 Å². The van der Waals surface area contributed by atoms with E-state index in [0.717, 1.165) is 54.8 Å². The summed E-state index contributed by atoms with van der Waals surface area (Å²) in [5.41, 5.74) is 1.23. The number of hydrogen-bond acceptors (Lipinski definition) is 5. The quantitative estimate of drug-likeness (QED) is 0.209. The smallest absolute Gasteiger partial charge is 0.250 e. The third kappa shape index (κ3) is 3.48. The van der Waals surface area contributed by atoms with Crippen molar-refractivity contribution in [1.82, 2.24) is 0 Å². The van der Waals surface area contributed by atoms with Crippen LogP contribution in [0.3, 0.4) is 0 Å². The zero-order valence-corrected chi connectivity index (χ0v) is 26.4. The van der Waals surface area contributed by atoms with E-state index in [9.17, 15) is 5.11 Å². The first-order valence-electron chi connectivity index (χ1n) is 13.9. The minimum absolute atomic E-state index is 0.0689. The predicted octanol–water partition coefficient (Wildman–Crippen LogP) is 5.15. The maximum absolute atomic E-state index is 12.9. The zero-order chi connectivity index (χ0) is 26.6. The summed E-state index contributed by atoms with van der Waals surface area (Å²) in [5.74, 6) is 1.82. The van der Waals surface area contributed by atoms with Gasteiger partial charge in [0.1, 0.15) is 23.5 Å². The van der Waals surface area contributed by atoms with Gasteiger partial charge in [0.15, 0.2) is 12.0 Å². The highest BCUT2D eigenvalue weighted by atomic mass is 127. The average molecular weight is 641 g/mol. The zero-order valence-electron chi connectivity index (χ0n) is 23.2. The molecule has 6 nitrogen and oxygen atoms in total. The van der Waals surface area contributed by atoms with Crippen molar-refractivity contribution in [3.63, 3.8) is 0 Å². The maximum atomic E-state index is 12.9. The summed E-state index contributed by atoms with van der Waals surface area (Å²) in [7, 11) is 0.195. The monoisotopic (exact) mass is 640 g/mol. The van der Waals surface area contributed by atoms with Crippen molar-refractivity contribution in [3.8, 4) is 11.5 Å². The fourth-order valence-electron chi connectivity index (χ4n) is 8.04. The Bertz CT molecular complexity index is 1130. The van der Waals surface area contributed by atoms with Crippen LogP contribution in [-0.4, -0.2) is 75.3 Å². The van der Waals surface area contributed by atoms with E-state index in [0.29, 0.717) is 13.2 Å². The molecule has 0 amide bonds. The van der Waals surface area contributed by atoms with E-state index in [1.54, 1.807) is 0 Å². The molecule has 1 saturated carbocycles. The number of likely N-dealkylation sites (tertiary alicyclic amines) is 1. The minimum atomic E-state index is -2.12. The van der Waals surface area contributed by atoms with Crippen LogP contribution in [0.4, 0.5) is 0 Å². The third-order valence-electron chi connectivity index (χ3n) is 10.9. The van der Waals surface area contributed by atoms with E-state index in [1.165, 1.54) is 14.7 Å². The van der Waals surface area contributed by atoms with Gasteiger partial charge in [-0.05, 0) is 71.3 Å². The van der Waals surface area contributed by atoms with Gasteiger partial charge in [-0.25, -0.2) is 0 Å². The molecule has 2 bridgehead atoms. The Labute approximate surface area is 236 Å². The second kappa shape index (κ2) is 8.43. The van der Waals surface area contributed by atoms with E-state index in [2.05, 4.69) is 76.1 Å². The van der Waals surface area contributed by atoms with Crippen LogP contribution in [0, 0.1) is 9.49 Å². The Morgan fingerprint density at radius 2 is 1.97 bits per heavy atom. The number of likely N-dealkylation sites (N-methyl/N-ethyl adjacent to an activating group) is 1. The lowest BCUT2D eigenvalue weighted by molar-refractivity contribution is -0.944. The first-order valence-corrected chi connectivity index (χ1v) is 17.9. The number of ether oxygens (including phenoxy) is 3. The molecule has 1 aromatic rings. The number of quaternary nitrogens is 1. The fourth-order valence-corrected chi connectivity index (χ4v) is 9.82. The van der Waals surface area contributed by atoms with E-state index < -0.39 is 19.3 Å². The highest BCUT2D eigenvalue weighted by Gasteiger charge is 2.77. The van der Waals surface area contributed by atoms with Gasteiger partial charge in [-0.15, -0.1) is 0 Å². The van der Waals surface area contributed by atoms with Gasteiger partial charge in [0.05, 0.1) is 38.8 Å². The van der Waals surface area contributed by atoms with Gasteiger partial charge in [-0.3, -0.25) is 0 Å². The lowest BCUT2D eigenvalue weighted by Gasteiger charge is -2.65. The number of hydrogen-bond donors (Lipinski definition) is 1.